The van der Waals surface area contributed by atoms with E-state index in [2.05, 4.69) is 37.7 Å². The summed E-state index contributed by atoms with van der Waals surface area (Å²) in [5.41, 5.74) is 0.246. The number of nitrogens with zero attached hydrogens (tertiary/aromatic N) is 3. The van der Waals surface area contributed by atoms with Gasteiger partial charge in [-0.15, -0.1) is 0 Å². The topological polar surface area (TPSA) is 26.8 Å². The van der Waals surface area contributed by atoms with Gasteiger partial charge < -0.3 is 9.80 Å². The molecule has 0 aromatic heterocycles. The molecule has 1 unspecified atom stereocenters. The first kappa shape index (κ1) is 17.4. The number of likely N-dealkylation sites (tertiary alicyclic amines) is 1. The van der Waals surface area contributed by atoms with Crippen molar-refractivity contribution in [3.63, 3.8) is 0 Å². The van der Waals surface area contributed by atoms with E-state index >= 15 is 0 Å². The summed E-state index contributed by atoms with van der Waals surface area (Å²) in [5, 5.41) is 0. The van der Waals surface area contributed by atoms with Crippen LogP contribution in [0.15, 0.2) is 0 Å². The van der Waals surface area contributed by atoms with Crippen molar-refractivity contribution < 1.29 is 4.79 Å². The lowest BCUT2D eigenvalue weighted by atomic mass is 9.90. The van der Waals surface area contributed by atoms with Gasteiger partial charge in [-0.25, -0.2) is 0 Å². The van der Waals surface area contributed by atoms with E-state index in [1.54, 1.807) is 6.92 Å². The summed E-state index contributed by atoms with van der Waals surface area (Å²) < 4.78 is 0. The van der Waals surface area contributed by atoms with Gasteiger partial charge in [0.15, 0.2) is 0 Å². The first-order valence-electron chi connectivity index (χ1n) is 8.04. The molecular formula is C16H33N3O. The van der Waals surface area contributed by atoms with Crippen LogP contribution in [0.4, 0.5) is 0 Å². The van der Waals surface area contributed by atoms with Gasteiger partial charge in [-0.3, -0.25) is 9.69 Å². The predicted molar refractivity (Wildman–Crippen MR) is 84.9 cm³/mol. The molecule has 0 bridgehead atoms. The second kappa shape index (κ2) is 7.99. The van der Waals surface area contributed by atoms with Crippen LogP contribution in [0, 0.1) is 0 Å². The molecule has 0 radical (unpaired) electrons. The van der Waals surface area contributed by atoms with Crippen molar-refractivity contribution in [3.8, 4) is 0 Å². The number of carbonyl (C=O) groups is 1. The van der Waals surface area contributed by atoms with Crippen LogP contribution in [-0.4, -0.2) is 73.0 Å². The number of likely N-dealkylation sites (N-methyl/N-ethyl adjacent to an activating group) is 1. The van der Waals surface area contributed by atoms with Crippen LogP contribution in [0.2, 0.25) is 0 Å². The van der Waals surface area contributed by atoms with Crippen molar-refractivity contribution >= 4 is 5.91 Å². The molecule has 0 aliphatic carbocycles. The molecule has 0 aromatic carbocycles. The van der Waals surface area contributed by atoms with E-state index in [0.29, 0.717) is 0 Å². The molecule has 4 nitrogen and oxygen atoms in total. The summed E-state index contributed by atoms with van der Waals surface area (Å²) in [7, 11) is 4.27. The Bertz CT molecular complexity index is 306. The number of rotatable bonds is 6. The highest BCUT2D eigenvalue weighted by molar-refractivity contribution is 5.73. The Hall–Kier alpha value is -0.610. The molecule has 0 N–H and O–H groups in total. The lowest BCUT2D eigenvalue weighted by molar-refractivity contribution is -0.128. The van der Waals surface area contributed by atoms with Crippen LogP contribution in [0.3, 0.4) is 0 Å². The summed E-state index contributed by atoms with van der Waals surface area (Å²) >= 11 is 0. The fraction of sp³-hybridized carbons (Fsp3) is 0.938. The molecule has 0 spiro atoms. The molecule has 0 saturated carbocycles. The number of hydrogen-bond donors (Lipinski definition) is 0. The third-order valence-corrected chi connectivity index (χ3v) is 4.58. The van der Waals surface area contributed by atoms with Gasteiger partial charge in [-0.1, -0.05) is 6.92 Å². The van der Waals surface area contributed by atoms with Gasteiger partial charge >= 0.3 is 0 Å². The smallest absolute Gasteiger partial charge is 0.219 e. The highest BCUT2D eigenvalue weighted by Gasteiger charge is 2.33. The van der Waals surface area contributed by atoms with E-state index in [4.69, 9.17) is 0 Å². The van der Waals surface area contributed by atoms with E-state index < -0.39 is 0 Å². The minimum Gasteiger partial charge on any atom is -0.343 e. The summed E-state index contributed by atoms with van der Waals surface area (Å²) in [4.78, 5) is 18.5. The zero-order valence-electron chi connectivity index (χ0n) is 14.1. The molecule has 4 heteroatoms. The van der Waals surface area contributed by atoms with E-state index in [0.717, 1.165) is 45.6 Å². The van der Waals surface area contributed by atoms with Gasteiger partial charge in [0, 0.05) is 38.6 Å². The van der Waals surface area contributed by atoms with Crippen molar-refractivity contribution in [1.82, 2.24) is 14.7 Å². The maximum Gasteiger partial charge on any atom is 0.219 e. The van der Waals surface area contributed by atoms with E-state index in [9.17, 15) is 4.79 Å². The van der Waals surface area contributed by atoms with Crippen molar-refractivity contribution in [2.24, 2.45) is 0 Å². The molecule has 1 aliphatic heterocycles. The van der Waals surface area contributed by atoms with Crippen molar-refractivity contribution in [2.75, 3.05) is 46.8 Å². The van der Waals surface area contributed by atoms with Crippen molar-refractivity contribution in [3.05, 3.63) is 0 Å². The summed E-state index contributed by atoms with van der Waals surface area (Å²) in [5.74, 6) is 0.226. The van der Waals surface area contributed by atoms with E-state index in [1.807, 2.05) is 4.90 Å². The Morgan fingerprint density at radius 2 is 1.85 bits per heavy atom. The highest BCUT2D eigenvalue weighted by Crippen LogP contribution is 2.28. The predicted octanol–water partition coefficient (Wildman–Crippen LogP) is 2.05. The average Bonchev–Trinajstić information content (AvgIpc) is 2.57. The van der Waals surface area contributed by atoms with Crippen molar-refractivity contribution in [2.45, 2.75) is 52.0 Å². The molecule has 118 valence electrons. The zero-order valence-corrected chi connectivity index (χ0v) is 14.1. The summed E-state index contributed by atoms with van der Waals surface area (Å²) in [6, 6.07) is 0. The monoisotopic (exact) mass is 283 g/mol. The number of hydrogen-bond acceptors (Lipinski definition) is 3. The lowest BCUT2D eigenvalue weighted by Crippen LogP contribution is -2.49. The second-order valence-electron chi connectivity index (χ2n) is 6.65. The number of amides is 1. The molecule has 1 fully saturated rings. The van der Waals surface area contributed by atoms with E-state index in [-0.39, 0.29) is 11.4 Å². The quantitative estimate of drug-likeness (QED) is 0.746. The third kappa shape index (κ3) is 5.06. The normalized spacial score (nSPS) is 24.2. The van der Waals surface area contributed by atoms with E-state index in [1.165, 1.54) is 12.8 Å². The average molecular weight is 283 g/mol. The molecule has 1 rings (SSSR count). The molecule has 0 aromatic rings. The summed E-state index contributed by atoms with van der Waals surface area (Å²) in [6.45, 7) is 11.6. The first-order chi connectivity index (χ1) is 9.39. The van der Waals surface area contributed by atoms with Crippen LogP contribution < -0.4 is 0 Å². The Kier molecular flexibility index (Phi) is 6.96. The second-order valence-corrected chi connectivity index (χ2v) is 6.65. The van der Waals surface area contributed by atoms with Gasteiger partial charge in [-0.05, 0) is 53.2 Å². The minimum atomic E-state index is 0.226. The van der Waals surface area contributed by atoms with Gasteiger partial charge in [-0.2, -0.15) is 0 Å². The van der Waals surface area contributed by atoms with Crippen LogP contribution in [0.25, 0.3) is 0 Å². The third-order valence-electron chi connectivity index (χ3n) is 4.58. The van der Waals surface area contributed by atoms with Crippen LogP contribution in [-0.2, 0) is 4.79 Å². The van der Waals surface area contributed by atoms with Crippen molar-refractivity contribution in [1.29, 1.82) is 0 Å². The lowest BCUT2D eigenvalue weighted by Gasteiger charge is -2.41. The van der Waals surface area contributed by atoms with Gasteiger partial charge in [0.1, 0.15) is 0 Å². The highest BCUT2D eigenvalue weighted by atomic mass is 16.2. The standard InChI is InChI=1S/C16H33N3O/c1-6-10-19(14-13-17(4)5)16(3)8-7-11-18(12-9-16)15(2)20/h6-14H2,1-5H3. The zero-order chi connectivity index (χ0) is 15.2. The summed E-state index contributed by atoms with van der Waals surface area (Å²) in [6.07, 6.45) is 4.61. The van der Waals surface area contributed by atoms with Crippen LogP contribution in [0.5, 0.6) is 0 Å². The Morgan fingerprint density at radius 1 is 1.15 bits per heavy atom. The van der Waals surface area contributed by atoms with Gasteiger partial charge in [0.2, 0.25) is 5.91 Å². The number of carbonyl (C=O) groups excluding carboxylic acids is 1. The molecular weight excluding hydrogens is 250 g/mol. The minimum absolute atomic E-state index is 0.226. The molecule has 20 heavy (non-hydrogen) atoms. The Balaban J connectivity index is 2.69. The fourth-order valence-electron chi connectivity index (χ4n) is 3.14. The Morgan fingerprint density at radius 3 is 2.40 bits per heavy atom. The molecule has 1 saturated heterocycles. The molecule has 1 heterocycles. The van der Waals surface area contributed by atoms with Crippen LogP contribution in [0.1, 0.15) is 46.5 Å². The first-order valence-corrected chi connectivity index (χ1v) is 8.04. The largest absolute Gasteiger partial charge is 0.343 e. The molecule has 1 amide bonds. The maximum atomic E-state index is 11.6. The SMILES string of the molecule is CCCN(CCN(C)C)C1(C)CCCN(C(C)=O)CC1. The van der Waals surface area contributed by atoms with Gasteiger partial charge in [0.05, 0.1) is 0 Å². The fourth-order valence-corrected chi connectivity index (χ4v) is 3.14. The van der Waals surface area contributed by atoms with Crippen LogP contribution >= 0.6 is 0 Å². The Labute approximate surface area is 125 Å². The molecule has 1 atom stereocenters. The van der Waals surface area contributed by atoms with Gasteiger partial charge in [0.25, 0.3) is 0 Å². The maximum absolute atomic E-state index is 11.6. The molecule has 1 aliphatic rings.